The van der Waals surface area contributed by atoms with E-state index >= 15 is 0 Å². The Balaban J connectivity index is 2.46. The Bertz CT molecular complexity index is 341. The molecule has 1 heterocycles. The number of carbonyl (C=O) groups is 1. The van der Waals surface area contributed by atoms with Gasteiger partial charge in [-0.3, -0.25) is 9.69 Å². The van der Waals surface area contributed by atoms with Crippen LogP contribution < -0.4 is 0 Å². The van der Waals surface area contributed by atoms with Gasteiger partial charge in [-0.25, -0.2) is 9.97 Å². The standard InChI is InChI=1S/C12H19N3O2/c1-10(2)15(7-3-4-12(16)17)8-11-5-6-13-9-14-11/h5-6,9-10H,3-4,7-8H2,1-2H3,(H,16,17). The van der Waals surface area contributed by atoms with Crippen molar-refractivity contribution in [2.24, 2.45) is 0 Å². The Morgan fingerprint density at radius 1 is 1.53 bits per heavy atom. The molecule has 0 spiro atoms. The van der Waals surface area contributed by atoms with E-state index in [-0.39, 0.29) is 6.42 Å². The summed E-state index contributed by atoms with van der Waals surface area (Å²) in [6, 6.07) is 2.26. The predicted octanol–water partition coefficient (Wildman–Crippen LogP) is 1.55. The first-order valence-electron chi connectivity index (χ1n) is 5.80. The van der Waals surface area contributed by atoms with Crippen LogP contribution in [0.5, 0.6) is 0 Å². The van der Waals surface area contributed by atoms with E-state index in [2.05, 4.69) is 28.7 Å². The maximum absolute atomic E-state index is 10.5. The second kappa shape index (κ2) is 6.96. The van der Waals surface area contributed by atoms with Gasteiger partial charge in [0, 0.05) is 25.2 Å². The fourth-order valence-corrected chi connectivity index (χ4v) is 1.57. The molecule has 0 saturated heterocycles. The van der Waals surface area contributed by atoms with Gasteiger partial charge in [-0.15, -0.1) is 0 Å². The first-order valence-corrected chi connectivity index (χ1v) is 5.80. The van der Waals surface area contributed by atoms with Crippen LogP contribution in [-0.4, -0.2) is 38.5 Å². The molecule has 0 aliphatic carbocycles. The molecule has 0 radical (unpaired) electrons. The lowest BCUT2D eigenvalue weighted by atomic mass is 10.2. The summed E-state index contributed by atoms with van der Waals surface area (Å²) in [6.07, 6.45) is 4.13. The number of carboxylic acids is 1. The van der Waals surface area contributed by atoms with Crippen LogP contribution in [0.15, 0.2) is 18.6 Å². The van der Waals surface area contributed by atoms with Crippen molar-refractivity contribution in [1.29, 1.82) is 0 Å². The summed E-state index contributed by atoms with van der Waals surface area (Å²) in [5.74, 6) is -0.740. The van der Waals surface area contributed by atoms with Gasteiger partial charge in [0.1, 0.15) is 6.33 Å². The van der Waals surface area contributed by atoms with Crippen LogP contribution in [0.2, 0.25) is 0 Å². The average Bonchev–Trinajstić information content (AvgIpc) is 2.28. The molecule has 1 aromatic rings. The topological polar surface area (TPSA) is 66.3 Å². The molecule has 0 atom stereocenters. The second-order valence-electron chi connectivity index (χ2n) is 4.26. The minimum Gasteiger partial charge on any atom is -0.481 e. The molecule has 0 aliphatic heterocycles. The maximum Gasteiger partial charge on any atom is 0.303 e. The van der Waals surface area contributed by atoms with Gasteiger partial charge < -0.3 is 5.11 Å². The predicted molar refractivity (Wildman–Crippen MR) is 64.4 cm³/mol. The van der Waals surface area contributed by atoms with Crippen LogP contribution in [0.1, 0.15) is 32.4 Å². The zero-order chi connectivity index (χ0) is 12.7. The van der Waals surface area contributed by atoms with Gasteiger partial charge in [-0.2, -0.15) is 0 Å². The summed E-state index contributed by atoms with van der Waals surface area (Å²) in [5, 5.41) is 8.62. The number of aromatic nitrogens is 2. The first-order chi connectivity index (χ1) is 8.09. The summed E-state index contributed by atoms with van der Waals surface area (Å²) in [5.41, 5.74) is 0.962. The average molecular weight is 237 g/mol. The lowest BCUT2D eigenvalue weighted by Gasteiger charge is -2.25. The number of aliphatic carboxylic acids is 1. The number of hydrogen-bond donors (Lipinski definition) is 1. The monoisotopic (exact) mass is 237 g/mol. The van der Waals surface area contributed by atoms with Gasteiger partial charge in [0.25, 0.3) is 0 Å². The first kappa shape index (κ1) is 13.6. The highest BCUT2D eigenvalue weighted by atomic mass is 16.4. The zero-order valence-corrected chi connectivity index (χ0v) is 10.3. The van der Waals surface area contributed by atoms with Gasteiger partial charge in [-0.05, 0) is 32.9 Å². The molecular formula is C12H19N3O2. The quantitative estimate of drug-likeness (QED) is 0.779. The van der Waals surface area contributed by atoms with E-state index in [1.165, 1.54) is 6.33 Å². The van der Waals surface area contributed by atoms with Gasteiger partial charge >= 0.3 is 5.97 Å². The molecular weight excluding hydrogens is 218 g/mol. The Morgan fingerprint density at radius 2 is 2.29 bits per heavy atom. The molecule has 0 amide bonds. The highest BCUT2D eigenvalue weighted by Crippen LogP contribution is 2.07. The lowest BCUT2D eigenvalue weighted by molar-refractivity contribution is -0.137. The van der Waals surface area contributed by atoms with E-state index in [9.17, 15) is 4.79 Å². The minimum atomic E-state index is -0.740. The van der Waals surface area contributed by atoms with E-state index in [0.717, 1.165) is 18.8 Å². The van der Waals surface area contributed by atoms with Crippen molar-refractivity contribution in [2.45, 2.75) is 39.3 Å². The third-order valence-corrected chi connectivity index (χ3v) is 2.57. The van der Waals surface area contributed by atoms with Crippen molar-refractivity contribution in [3.8, 4) is 0 Å². The lowest BCUT2D eigenvalue weighted by Crippen LogP contribution is -2.31. The van der Waals surface area contributed by atoms with Crippen LogP contribution >= 0.6 is 0 Å². The normalized spacial score (nSPS) is 11.1. The fraction of sp³-hybridized carbons (Fsp3) is 0.583. The summed E-state index contributed by atoms with van der Waals surface area (Å²) >= 11 is 0. The number of rotatable bonds is 7. The van der Waals surface area contributed by atoms with Crippen LogP contribution in [0.25, 0.3) is 0 Å². The molecule has 17 heavy (non-hydrogen) atoms. The van der Waals surface area contributed by atoms with Gasteiger partial charge in [0.15, 0.2) is 0 Å². The van der Waals surface area contributed by atoms with Crippen molar-refractivity contribution in [3.63, 3.8) is 0 Å². The SMILES string of the molecule is CC(C)N(CCCC(=O)O)Cc1ccncn1. The van der Waals surface area contributed by atoms with Gasteiger partial charge in [0.05, 0.1) is 5.69 Å². The van der Waals surface area contributed by atoms with Crippen molar-refractivity contribution in [3.05, 3.63) is 24.3 Å². The highest BCUT2D eigenvalue weighted by Gasteiger charge is 2.11. The molecule has 0 bridgehead atoms. The van der Waals surface area contributed by atoms with E-state index in [0.29, 0.717) is 12.5 Å². The van der Waals surface area contributed by atoms with Crippen molar-refractivity contribution < 1.29 is 9.90 Å². The Labute approximate surface area is 102 Å². The van der Waals surface area contributed by atoms with Gasteiger partial charge in [0.2, 0.25) is 0 Å². The third-order valence-electron chi connectivity index (χ3n) is 2.57. The van der Waals surface area contributed by atoms with Crippen LogP contribution in [0.4, 0.5) is 0 Å². The molecule has 0 aromatic carbocycles. The third kappa shape index (κ3) is 5.40. The molecule has 1 aromatic heterocycles. The van der Waals surface area contributed by atoms with E-state index in [1.807, 2.05) is 6.07 Å². The molecule has 1 rings (SSSR count). The largest absolute Gasteiger partial charge is 0.481 e. The maximum atomic E-state index is 10.5. The number of nitrogens with zero attached hydrogens (tertiary/aromatic N) is 3. The summed E-state index contributed by atoms with van der Waals surface area (Å²) < 4.78 is 0. The highest BCUT2D eigenvalue weighted by molar-refractivity contribution is 5.66. The molecule has 0 aliphatic rings. The Morgan fingerprint density at radius 3 is 2.82 bits per heavy atom. The smallest absolute Gasteiger partial charge is 0.303 e. The van der Waals surface area contributed by atoms with E-state index < -0.39 is 5.97 Å². The fourth-order valence-electron chi connectivity index (χ4n) is 1.57. The van der Waals surface area contributed by atoms with E-state index in [1.54, 1.807) is 6.20 Å². The summed E-state index contributed by atoms with van der Waals surface area (Å²) in [7, 11) is 0. The van der Waals surface area contributed by atoms with Gasteiger partial charge in [-0.1, -0.05) is 0 Å². The minimum absolute atomic E-state index is 0.215. The molecule has 0 saturated carbocycles. The van der Waals surface area contributed by atoms with Crippen LogP contribution in [0, 0.1) is 0 Å². The molecule has 1 N–H and O–H groups in total. The molecule has 5 heteroatoms. The number of hydrogen-bond acceptors (Lipinski definition) is 4. The van der Waals surface area contributed by atoms with Crippen molar-refractivity contribution >= 4 is 5.97 Å². The Hall–Kier alpha value is -1.49. The molecule has 94 valence electrons. The van der Waals surface area contributed by atoms with Crippen LogP contribution in [-0.2, 0) is 11.3 Å². The Kier molecular flexibility index (Phi) is 5.56. The number of carboxylic acid groups (broad SMARTS) is 1. The zero-order valence-electron chi connectivity index (χ0n) is 10.3. The summed E-state index contributed by atoms with van der Waals surface area (Å²) in [6.45, 7) is 5.71. The summed E-state index contributed by atoms with van der Waals surface area (Å²) in [4.78, 5) is 20.7. The molecule has 0 fully saturated rings. The van der Waals surface area contributed by atoms with Crippen LogP contribution in [0.3, 0.4) is 0 Å². The van der Waals surface area contributed by atoms with Crippen molar-refractivity contribution in [2.75, 3.05) is 6.54 Å². The van der Waals surface area contributed by atoms with Crippen molar-refractivity contribution in [1.82, 2.24) is 14.9 Å². The second-order valence-corrected chi connectivity index (χ2v) is 4.26. The molecule has 0 unspecified atom stereocenters. The van der Waals surface area contributed by atoms with E-state index in [4.69, 9.17) is 5.11 Å². The molecule has 5 nitrogen and oxygen atoms in total.